The highest BCUT2D eigenvalue weighted by Crippen LogP contribution is 1.96. The zero-order valence-corrected chi connectivity index (χ0v) is 3.98. The molecule has 1 aliphatic rings. The molecule has 0 aliphatic heterocycles. The van der Waals surface area contributed by atoms with Crippen LogP contribution in [0.2, 0.25) is 0 Å². The molecule has 1 rings (SSSR count). The van der Waals surface area contributed by atoms with Gasteiger partial charge in [-0.2, -0.15) is 0 Å². The van der Waals surface area contributed by atoms with Crippen molar-refractivity contribution >= 4 is 5.78 Å². The highest BCUT2D eigenvalue weighted by atomic mass is 16.1. The van der Waals surface area contributed by atoms with E-state index in [9.17, 15) is 4.79 Å². The van der Waals surface area contributed by atoms with Gasteiger partial charge in [-0.25, -0.2) is 0 Å². The third-order valence-corrected chi connectivity index (χ3v) is 0.897. The van der Waals surface area contributed by atoms with Crippen molar-refractivity contribution in [3.05, 3.63) is 17.9 Å². The lowest BCUT2D eigenvalue weighted by Crippen LogP contribution is -1.91. The fraction of sp³-hybridized carbons (Fsp3) is 0.333. The molecule has 1 aliphatic carbocycles. The van der Waals surface area contributed by atoms with Crippen molar-refractivity contribution in [1.29, 1.82) is 0 Å². The van der Waals surface area contributed by atoms with Crippen LogP contribution in [0.5, 0.6) is 0 Å². The Morgan fingerprint density at radius 2 is 2.57 bits per heavy atom. The molecule has 0 aromatic rings. The summed E-state index contributed by atoms with van der Waals surface area (Å²) in [5, 5.41) is 0. The molecule has 0 amide bonds. The summed E-state index contributed by atoms with van der Waals surface area (Å²) in [6, 6.07) is 0. The summed E-state index contributed by atoms with van der Waals surface area (Å²) in [6.45, 7) is 0. The van der Waals surface area contributed by atoms with Crippen LogP contribution in [0.3, 0.4) is 0 Å². The van der Waals surface area contributed by atoms with Gasteiger partial charge in [0.1, 0.15) is 0 Å². The van der Waals surface area contributed by atoms with Crippen molar-refractivity contribution in [3.63, 3.8) is 0 Å². The lowest BCUT2D eigenvalue weighted by Gasteiger charge is -1.89. The molecule has 36 valence electrons. The molecule has 0 saturated heterocycles. The highest BCUT2D eigenvalue weighted by molar-refractivity contribution is 5.90. The Bertz CT molecular complexity index is 138. The molecular weight excluding hydrogens is 88.1 g/mol. The average Bonchev–Trinajstić information content (AvgIpc) is 1.69. The predicted molar refractivity (Wildman–Crippen MR) is 26.9 cm³/mol. The van der Waals surface area contributed by atoms with Gasteiger partial charge in [-0.05, 0) is 12.5 Å². The van der Waals surface area contributed by atoms with Crippen LogP contribution in [-0.4, -0.2) is 5.78 Å². The maximum atomic E-state index is 10.3. The van der Waals surface area contributed by atoms with Crippen LogP contribution < -0.4 is 0 Å². The maximum Gasteiger partial charge on any atom is 0.163 e. The van der Waals surface area contributed by atoms with Crippen LogP contribution in [0, 0.1) is 0 Å². The van der Waals surface area contributed by atoms with Gasteiger partial charge >= 0.3 is 0 Å². The van der Waals surface area contributed by atoms with Gasteiger partial charge in [0.15, 0.2) is 5.78 Å². The highest BCUT2D eigenvalue weighted by Gasteiger charge is 1.94. The van der Waals surface area contributed by atoms with Gasteiger partial charge in [-0.15, -0.1) is 5.73 Å². The van der Waals surface area contributed by atoms with Crippen molar-refractivity contribution < 1.29 is 4.79 Å². The number of hydrogen-bond acceptors (Lipinski definition) is 1. The van der Waals surface area contributed by atoms with Gasteiger partial charge in [0.05, 0.1) is 0 Å². The molecule has 0 radical (unpaired) electrons. The molecule has 0 heterocycles. The Labute approximate surface area is 42.3 Å². The maximum absolute atomic E-state index is 10.3. The fourth-order valence-electron chi connectivity index (χ4n) is 0.522. The summed E-state index contributed by atoms with van der Waals surface area (Å²) < 4.78 is 0. The summed E-state index contributed by atoms with van der Waals surface area (Å²) in [7, 11) is 0. The van der Waals surface area contributed by atoms with Crippen molar-refractivity contribution in [2.45, 2.75) is 12.8 Å². The largest absolute Gasteiger partial charge is 0.294 e. The Morgan fingerprint density at radius 3 is 2.86 bits per heavy atom. The van der Waals surface area contributed by atoms with E-state index in [2.05, 4.69) is 5.73 Å². The number of hydrogen-bond donors (Lipinski definition) is 0. The second-order valence-corrected chi connectivity index (χ2v) is 1.52. The monoisotopic (exact) mass is 94.0 g/mol. The fourth-order valence-corrected chi connectivity index (χ4v) is 0.522. The quantitative estimate of drug-likeness (QED) is 0.410. The summed E-state index contributed by atoms with van der Waals surface area (Å²) >= 11 is 0. The second kappa shape index (κ2) is 1.76. The predicted octanol–water partition coefficient (Wildman–Crippen LogP) is 1.06. The number of carbonyl (C=O) groups is 1. The smallest absolute Gasteiger partial charge is 0.163 e. The van der Waals surface area contributed by atoms with Gasteiger partial charge in [0, 0.05) is 12.5 Å². The molecule has 7 heavy (non-hydrogen) atoms. The normalized spacial score (nSPS) is 18.0. The first-order valence-electron chi connectivity index (χ1n) is 2.33. The lowest BCUT2D eigenvalue weighted by molar-refractivity contribution is -0.114. The molecule has 0 unspecified atom stereocenters. The van der Waals surface area contributed by atoms with Crippen LogP contribution in [-0.2, 0) is 4.79 Å². The van der Waals surface area contributed by atoms with Gasteiger partial charge < -0.3 is 0 Å². The van der Waals surface area contributed by atoms with Crippen molar-refractivity contribution in [1.82, 2.24) is 0 Å². The van der Waals surface area contributed by atoms with E-state index in [4.69, 9.17) is 0 Å². The Balaban J connectivity index is 2.75. The molecule has 0 saturated carbocycles. The SMILES string of the molecule is O=C1C=C=CCC1. The third kappa shape index (κ3) is 1.02. The third-order valence-electron chi connectivity index (χ3n) is 0.897. The minimum Gasteiger partial charge on any atom is -0.294 e. The molecule has 0 atom stereocenters. The summed E-state index contributed by atoms with van der Waals surface area (Å²) in [4.78, 5) is 10.3. The number of carbonyl (C=O) groups excluding carboxylic acids is 1. The lowest BCUT2D eigenvalue weighted by atomic mass is 10.1. The van der Waals surface area contributed by atoms with E-state index in [1.807, 2.05) is 6.08 Å². The summed E-state index contributed by atoms with van der Waals surface area (Å²) in [5.74, 6) is 0.197. The van der Waals surface area contributed by atoms with Crippen LogP contribution >= 0.6 is 0 Å². The molecular formula is C6H6O. The standard InChI is InChI=1S/C6H6O/c7-6-4-2-1-3-5-6/h1,5H,2,4H2. The first-order chi connectivity index (χ1) is 3.39. The number of ketones is 1. The van der Waals surface area contributed by atoms with E-state index in [0.29, 0.717) is 6.42 Å². The molecule has 0 aromatic carbocycles. The summed E-state index contributed by atoms with van der Waals surface area (Å²) in [6.07, 6.45) is 4.91. The molecule has 1 heteroatoms. The van der Waals surface area contributed by atoms with E-state index in [1.165, 1.54) is 6.08 Å². The van der Waals surface area contributed by atoms with Crippen molar-refractivity contribution in [2.75, 3.05) is 0 Å². The van der Waals surface area contributed by atoms with E-state index in [0.717, 1.165) is 6.42 Å². The van der Waals surface area contributed by atoms with E-state index in [1.54, 1.807) is 0 Å². The average molecular weight is 94.1 g/mol. The van der Waals surface area contributed by atoms with E-state index >= 15 is 0 Å². The van der Waals surface area contributed by atoms with Crippen LogP contribution in [0.15, 0.2) is 17.9 Å². The minimum absolute atomic E-state index is 0.197. The van der Waals surface area contributed by atoms with E-state index in [-0.39, 0.29) is 5.78 Å². The van der Waals surface area contributed by atoms with Gasteiger partial charge in [0.2, 0.25) is 0 Å². The first-order valence-corrected chi connectivity index (χ1v) is 2.33. The van der Waals surface area contributed by atoms with Gasteiger partial charge in [-0.1, -0.05) is 0 Å². The first kappa shape index (κ1) is 4.35. The molecule has 0 N–H and O–H groups in total. The van der Waals surface area contributed by atoms with Crippen LogP contribution in [0.4, 0.5) is 0 Å². The number of rotatable bonds is 0. The molecule has 0 aromatic heterocycles. The van der Waals surface area contributed by atoms with E-state index < -0.39 is 0 Å². The van der Waals surface area contributed by atoms with Gasteiger partial charge in [0.25, 0.3) is 0 Å². The number of allylic oxidation sites excluding steroid dienone is 1. The molecule has 1 nitrogen and oxygen atoms in total. The second-order valence-electron chi connectivity index (χ2n) is 1.52. The Morgan fingerprint density at radius 1 is 1.71 bits per heavy atom. The Hall–Kier alpha value is -0.810. The topological polar surface area (TPSA) is 17.1 Å². The zero-order chi connectivity index (χ0) is 5.11. The molecule has 0 spiro atoms. The Kier molecular flexibility index (Phi) is 1.10. The zero-order valence-electron chi connectivity index (χ0n) is 3.98. The van der Waals surface area contributed by atoms with Crippen molar-refractivity contribution in [2.24, 2.45) is 0 Å². The molecule has 0 bridgehead atoms. The van der Waals surface area contributed by atoms with Crippen LogP contribution in [0.1, 0.15) is 12.8 Å². The molecule has 0 fully saturated rings. The minimum atomic E-state index is 0.197. The van der Waals surface area contributed by atoms with Crippen LogP contribution in [0.25, 0.3) is 0 Å². The van der Waals surface area contributed by atoms with Crippen molar-refractivity contribution in [3.8, 4) is 0 Å². The summed E-state index contributed by atoms with van der Waals surface area (Å²) in [5.41, 5.74) is 2.73. The van der Waals surface area contributed by atoms with Gasteiger partial charge in [-0.3, -0.25) is 4.79 Å².